The van der Waals surface area contributed by atoms with E-state index in [-0.39, 0.29) is 24.1 Å². The summed E-state index contributed by atoms with van der Waals surface area (Å²) in [5.41, 5.74) is 1.12. The molecule has 0 aliphatic carbocycles. The van der Waals surface area contributed by atoms with E-state index in [2.05, 4.69) is 5.32 Å². The van der Waals surface area contributed by atoms with Gasteiger partial charge in [-0.25, -0.2) is 8.42 Å². The molecule has 1 heterocycles. The molecule has 1 atom stereocenters. The van der Waals surface area contributed by atoms with Crippen molar-refractivity contribution >= 4 is 27.5 Å². The predicted molar refractivity (Wildman–Crippen MR) is 139 cm³/mol. The molecule has 0 radical (unpaired) electrons. The van der Waals surface area contributed by atoms with Crippen LogP contribution in [-0.4, -0.2) is 63.7 Å². The molecule has 0 fully saturated rings. The second-order valence-corrected chi connectivity index (χ2v) is 11.1. The van der Waals surface area contributed by atoms with Crippen LogP contribution in [0.2, 0.25) is 0 Å². The number of rotatable bonds is 11. The fourth-order valence-electron chi connectivity index (χ4n) is 3.92. The molecule has 0 saturated carbocycles. The standard InChI is InChI=1S/C26H35N3O6S/c1-5-22(26(31)27-16-19(2)3)28(17-20-9-7-6-8-10-20)25(30)18-29(36(4,32)33)21-11-12-23-24(15-21)35-14-13-34-23/h6-12,15,19,22H,5,13-14,16-18H2,1-4H3,(H,27,31)/t22-/m0/s1. The van der Waals surface area contributed by atoms with Gasteiger partial charge in [-0.2, -0.15) is 0 Å². The number of fused-ring (bicyclic) bond motifs is 1. The Bertz CT molecular complexity index is 1150. The number of anilines is 1. The minimum Gasteiger partial charge on any atom is -0.486 e. The number of carbonyl (C=O) groups is 2. The van der Waals surface area contributed by atoms with E-state index < -0.39 is 28.5 Å². The molecule has 10 heteroatoms. The van der Waals surface area contributed by atoms with Crippen LogP contribution in [0.5, 0.6) is 11.5 Å². The lowest BCUT2D eigenvalue weighted by Gasteiger charge is -2.33. The van der Waals surface area contributed by atoms with E-state index in [0.29, 0.717) is 37.7 Å². The lowest BCUT2D eigenvalue weighted by atomic mass is 10.1. The lowest BCUT2D eigenvalue weighted by Crippen LogP contribution is -2.52. The molecule has 0 spiro atoms. The highest BCUT2D eigenvalue weighted by atomic mass is 32.2. The third-order valence-electron chi connectivity index (χ3n) is 5.76. The van der Waals surface area contributed by atoms with Gasteiger partial charge in [0.25, 0.3) is 0 Å². The number of nitrogens with zero attached hydrogens (tertiary/aromatic N) is 2. The molecular weight excluding hydrogens is 482 g/mol. The Hall–Kier alpha value is -3.27. The van der Waals surface area contributed by atoms with Crippen molar-refractivity contribution in [3.63, 3.8) is 0 Å². The average molecular weight is 518 g/mol. The molecular formula is C26H35N3O6S. The van der Waals surface area contributed by atoms with Gasteiger partial charge < -0.3 is 19.7 Å². The van der Waals surface area contributed by atoms with Crippen molar-refractivity contribution in [3.8, 4) is 11.5 Å². The first kappa shape index (κ1) is 27.3. The number of hydrogen-bond acceptors (Lipinski definition) is 6. The summed E-state index contributed by atoms with van der Waals surface area (Å²) in [4.78, 5) is 28.2. The van der Waals surface area contributed by atoms with E-state index in [4.69, 9.17) is 9.47 Å². The summed E-state index contributed by atoms with van der Waals surface area (Å²) < 4.78 is 37.7. The van der Waals surface area contributed by atoms with Gasteiger partial charge in [0, 0.05) is 19.2 Å². The van der Waals surface area contributed by atoms with Gasteiger partial charge in [0.15, 0.2) is 11.5 Å². The number of hydrogen-bond donors (Lipinski definition) is 1. The number of benzene rings is 2. The first-order valence-corrected chi connectivity index (χ1v) is 13.9. The van der Waals surface area contributed by atoms with Gasteiger partial charge in [-0.1, -0.05) is 51.1 Å². The maximum absolute atomic E-state index is 13.7. The Labute approximate surface area is 213 Å². The third-order valence-corrected chi connectivity index (χ3v) is 6.90. The number of nitrogens with one attached hydrogen (secondary N) is 1. The topological polar surface area (TPSA) is 105 Å². The quantitative estimate of drug-likeness (QED) is 0.492. The van der Waals surface area contributed by atoms with Crippen LogP contribution in [0.4, 0.5) is 5.69 Å². The smallest absolute Gasteiger partial charge is 0.244 e. The number of carbonyl (C=O) groups excluding carboxylic acids is 2. The number of sulfonamides is 1. The Morgan fingerprint density at radius 2 is 1.69 bits per heavy atom. The van der Waals surface area contributed by atoms with Crippen LogP contribution in [0.15, 0.2) is 48.5 Å². The third kappa shape index (κ3) is 7.13. The molecule has 196 valence electrons. The van der Waals surface area contributed by atoms with Crippen molar-refractivity contribution in [1.82, 2.24) is 10.2 Å². The monoisotopic (exact) mass is 517 g/mol. The van der Waals surface area contributed by atoms with Gasteiger partial charge in [0.2, 0.25) is 21.8 Å². The Kier molecular flexibility index (Phi) is 9.19. The first-order valence-electron chi connectivity index (χ1n) is 12.1. The Morgan fingerprint density at radius 3 is 2.31 bits per heavy atom. The van der Waals surface area contributed by atoms with Gasteiger partial charge in [0.05, 0.1) is 11.9 Å². The molecule has 0 saturated heterocycles. The van der Waals surface area contributed by atoms with Crippen molar-refractivity contribution < 1.29 is 27.5 Å². The van der Waals surface area contributed by atoms with Gasteiger partial charge in [-0.05, 0) is 30.0 Å². The molecule has 36 heavy (non-hydrogen) atoms. The minimum absolute atomic E-state index is 0.173. The van der Waals surface area contributed by atoms with Crippen molar-refractivity contribution in [1.29, 1.82) is 0 Å². The van der Waals surface area contributed by atoms with E-state index in [1.54, 1.807) is 18.2 Å². The molecule has 2 aromatic rings. The highest BCUT2D eigenvalue weighted by Gasteiger charge is 2.32. The molecule has 0 unspecified atom stereocenters. The van der Waals surface area contributed by atoms with E-state index in [0.717, 1.165) is 16.1 Å². The highest BCUT2D eigenvalue weighted by molar-refractivity contribution is 7.92. The number of amides is 2. The van der Waals surface area contributed by atoms with Crippen LogP contribution in [-0.2, 0) is 26.2 Å². The van der Waals surface area contributed by atoms with Crippen molar-refractivity contribution in [2.24, 2.45) is 5.92 Å². The summed E-state index contributed by atoms with van der Waals surface area (Å²) in [7, 11) is -3.83. The predicted octanol–water partition coefficient (Wildman–Crippen LogP) is 2.80. The fourth-order valence-corrected chi connectivity index (χ4v) is 4.76. The van der Waals surface area contributed by atoms with Crippen molar-refractivity contribution in [3.05, 3.63) is 54.1 Å². The molecule has 1 aliphatic rings. The highest BCUT2D eigenvalue weighted by Crippen LogP contribution is 2.34. The van der Waals surface area contributed by atoms with Crippen LogP contribution in [0, 0.1) is 5.92 Å². The Balaban J connectivity index is 1.92. The van der Waals surface area contributed by atoms with Crippen LogP contribution in [0.25, 0.3) is 0 Å². The first-order chi connectivity index (χ1) is 17.1. The second kappa shape index (κ2) is 12.1. The summed E-state index contributed by atoms with van der Waals surface area (Å²) in [6.45, 7) is 6.77. The van der Waals surface area contributed by atoms with E-state index in [1.807, 2.05) is 51.1 Å². The van der Waals surface area contributed by atoms with E-state index in [9.17, 15) is 18.0 Å². The largest absolute Gasteiger partial charge is 0.486 e. The van der Waals surface area contributed by atoms with Gasteiger partial charge in [0.1, 0.15) is 25.8 Å². The number of ether oxygens (including phenoxy) is 2. The molecule has 2 aromatic carbocycles. The molecule has 0 bridgehead atoms. The zero-order chi connectivity index (χ0) is 26.3. The summed E-state index contributed by atoms with van der Waals surface area (Å²) in [5, 5.41) is 2.91. The maximum Gasteiger partial charge on any atom is 0.244 e. The Morgan fingerprint density at radius 1 is 1.03 bits per heavy atom. The molecule has 3 rings (SSSR count). The van der Waals surface area contributed by atoms with Crippen molar-refractivity contribution in [2.45, 2.75) is 39.8 Å². The van der Waals surface area contributed by atoms with E-state index >= 15 is 0 Å². The normalized spacial score (nSPS) is 13.7. The summed E-state index contributed by atoms with van der Waals surface area (Å²) in [5.74, 6) is 0.441. The zero-order valence-corrected chi connectivity index (χ0v) is 22.1. The molecule has 2 amide bonds. The lowest BCUT2D eigenvalue weighted by molar-refractivity contribution is -0.140. The maximum atomic E-state index is 13.7. The summed E-state index contributed by atoms with van der Waals surface area (Å²) in [6, 6.07) is 13.3. The van der Waals surface area contributed by atoms with Crippen molar-refractivity contribution in [2.75, 3.05) is 36.9 Å². The molecule has 0 aromatic heterocycles. The van der Waals surface area contributed by atoms with Crippen LogP contribution in [0.3, 0.4) is 0 Å². The summed E-state index contributed by atoms with van der Waals surface area (Å²) in [6.07, 6.45) is 1.43. The van der Waals surface area contributed by atoms with Crippen LogP contribution in [0.1, 0.15) is 32.8 Å². The van der Waals surface area contributed by atoms with Gasteiger partial charge in [-0.3, -0.25) is 13.9 Å². The molecule has 1 aliphatic heterocycles. The minimum atomic E-state index is -3.83. The van der Waals surface area contributed by atoms with Gasteiger partial charge in [-0.15, -0.1) is 0 Å². The zero-order valence-electron chi connectivity index (χ0n) is 21.3. The average Bonchev–Trinajstić information content (AvgIpc) is 2.85. The second-order valence-electron chi connectivity index (χ2n) is 9.17. The van der Waals surface area contributed by atoms with E-state index in [1.165, 1.54) is 4.90 Å². The summed E-state index contributed by atoms with van der Waals surface area (Å²) >= 11 is 0. The van der Waals surface area contributed by atoms with Crippen LogP contribution < -0.4 is 19.1 Å². The SMILES string of the molecule is CC[C@@H](C(=O)NCC(C)C)N(Cc1ccccc1)C(=O)CN(c1ccc2c(c1)OCCO2)S(C)(=O)=O. The van der Waals surface area contributed by atoms with Crippen LogP contribution >= 0.6 is 0 Å². The molecule has 9 nitrogen and oxygen atoms in total. The van der Waals surface area contributed by atoms with Gasteiger partial charge >= 0.3 is 0 Å². The fraction of sp³-hybridized carbons (Fsp3) is 0.462. The molecule has 1 N–H and O–H groups in total.